The normalized spacial score (nSPS) is 10.8. The third-order valence-electron chi connectivity index (χ3n) is 4.87. The van der Waals surface area contributed by atoms with Crippen LogP contribution in [0, 0.1) is 13.8 Å². The van der Waals surface area contributed by atoms with Crippen LogP contribution in [0.5, 0.6) is 11.5 Å². The molecule has 2 aromatic heterocycles. The van der Waals surface area contributed by atoms with Crippen molar-refractivity contribution in [2.45, 2.75) is 20.4 Å². The number of carbonyl (C=O) groups excluding carboxylic acids is 1. The number of anilines is 1. The van der Waals surface area contributed by atoms with E-state index < -0.39 is 0 Å². The number of pyridine rings is 1. The maximum absolute atomic E-state index is 13.2. The van der Waals surface area contributed by atoms with E-state index >= 15 is 0 Å². The monoisotopic (exact) mass is 433 g/mol. The molecule has 0 fully saturated rings. The molecule has 0 N–H and O–H groups in total. The number of fused-ring (bicyclic) bond motifs is 1. The Morgan fingerprint density at radius 3 is 2.58 bits per heavy atom. The number of rotatable bonds is 7. The molecule has 7 heteroatoms. The van der Waals surface area contributed by atoms with Gasteiger partial charge in [0, 0.05) is 6.20 Å². The molecule has 2 heterocycles. The molecule has 31 heavy (non-hydrogen) atoms. The Labute approximate surface area is 185 Å². The second-order valence-electron chi connectivity index (χ2n) is 7.16. The van der Waals surface area contributed by atoms with E-state index in [0.717, 1.165) is 27.0 Å². The summed E-state index contributed by atoms with van der Waals surface area (Å²) >= 11 is 1.46. The molecule has 4 rings (SSSR count). The van der Waals surface area contributed by atoms with Gasteiger partial charge in [-0.3, -0.25) is 14.7 Å². The lowest BCUT2D eigenvalue weighted by Crippen LogP contribution is -2.34. The number of benzene rings is 2. The van der Waals surface area contributed by atoms with Crippen LogP contribution in [0.1, 0.15) is 16.8 Å². The maximum atomic E-state index is 13.2. The van der Waals surface area contributed by atoms with Gasteiger partial charge in [-0.15, -0.1) is 0 Å². The third kappa shape index (κ3) is 4.67. The maximum Gasteiger partial charge on any atom is 0.267 e. The number of methoxy groups -OCH3 is 1. The van der Waals surface area contributed by atoms with Gasteiger partial charge in [-0.1, -0.05) is 41.2 Å². The highest BCUT2D eigenvalue weighted by molar-refractivity contribution is 7.22. The average molecular weight is 434 g/mol. The van der Waals surface area contributed by atoms with Crippen LogP contribution in [0.2, 0.25) is 0 Å². The zero-order valence-corrected chi connectivity index (χ0v) is 18.5. The van der Waals surface area contributed by atoms with Crippen molar-refractivity contribution in [2.24, 2.45) is 0 Å². The van der Waals surface area contributed by atoms with Crippen molar-refractivity contribution in [1.82, 2.24) is 9.97 Å². The number of thiazole rings is 1. The molecule has 0 aliphatic heterocycles. The van der Waals surface area contributed by atoms with E-state index in [1.807, 2.05) is 68.4 Å². The molecule has 1 amide bonds. The first-order chi connectivity index (χ1) is 15.0. The van der Waals surface area contributed by atoms with Gasteiger partial charge >= 0.3 is 0 Å². The highest BCUT2D eigenvalue weighted by Crippen LogP contribution is 2.36. The first-order valence-electron chi connectivity index (χ1n) is 9.89. The van der Waals surface area contributed by atoms with Crippen molar-refractivity contribution >= 4 is 32.6 Å². The van der Waals surface area contributed by atoms with Gasteiger partial charge in [-0.05, 0) is 49.7 Å². The van der Waals surface area contributed by atoms with Crippen LogP contribution in [0.4, 0.5) is 5.13 Å². The Balaban J connectivity index is 1.65. The first-order valence-corrected chi connectivity index (χ1v) is 10.7. The van der Waals surface area contributed by atoms with Crippen LogP contribution in [0.25, 0.3) is 10.2 Å². The number of ether oxygens (including phenoxy) is 2. The fraction of sp³-hybridized carbons (Fsp3) is 0.208. The minimum absolute atomic E-state index is 0.0953. The van der Waals surface area contributed by atoms with Gasteiger partial charge in [-0.2, -0.15) is 0 Å². The third-order valence-corrected chi connectivity index (χ3v) is 6.09. The standard InChI is InChI=1S/C24H23N3O3S/c1-16-7-10-19(11-8-16)30-15-21(28)27(14-18-6-4-5-13-25-18)24-26-22-20(29-3)12-9-17(2)23(22)31-24/h4-13H,14-15H2,1-3H3. The number of amides is 1. The molecule has 158 valence electrons. The summed E-state index contributed by atoms with van der Waals surface area (Å²) in [6.45, 7) is 4.24. The fourth-order valence-corrected chi connectivity index (χ4v) is 4.22. The largest absolute Gasteiger partial charge is 0.494 e. The lowest BCUT2D eigenvalue weighted by molar-refractivity contribution is -0.120. The Hall–Kier alpha value is -3.45. The van der Waals surface area contributed by atoms with Crippen LogP contribution >= 0.6 is 11.3 Å². The second kappa shape index (κ2) is 9.14. The topological polar surface area (TPSA) is 64.5 Å². The van der Waals surface area contributed by atoms with Crippen molar-refractivity contribution < 1.29 is 14.3 Å². The van der Waals surface area contributed by atoms with Crippen molar-refractivity contribution in [3.8, 4) is 11.5 Å². The van der Waals surface area contributed by atoms with E-state index in [2.05, 4.69) is 4.98 Å². The zero-order chi connectivity index (χ0) is 21.8. The van der Waals surface area contributed by atoms with E-state index in [9.17, 15) is 4.79 Å². The minimum atomic E-state index is -0.193. The van der Waals surface area contributed by atoms with Gasteiger partial charge in [0.05, 0.1) is 24.0 Å². The number of hydrogen-bond acceptors (Lipinski definition) is 6. The van der Waals surface area contributed by atoms with Crippen LogP contribution in [-0.2, 0) is 11.3 Å². The number of aromatic nitrogens is 2. The number of nitrogens with zero attached hydrogens (tertiary/aromatic N) is 3. The van der Waals surface area contributed by atoms with E-state index in [1.165, 1.54) is 11.3 Å². The van der Waals surface area contributed by atoms with Crippen LogP contribution in [0.3, 0.4) is 0 Å². The molecule has 0 saturated carbocycles. The molecule has 0 unspecified atom stereocenters. The van der Waals surface area contributed by atoms with E-state index in [-0.39, 0.29) is 12.5 Å². The molecule has 0 aliphatic carbocycles. The lowest BCUT2D eigenvalue weighted by atomic mass is 10.2. The van der Waals surface area contributed by atoms with E-state index in [4.69, 9.17) is 14.5 Å². The van der Waals surface area contributed by atoms with Crippen LogP contribution in [-0.4, -0.2) is 29.6 Å². The van der Waals surface area contributed by atoms with Crippen molar-refractivity contribution in [2.75, 3.05) is 18.6 Å². The predicted molar refractivity (Wildman–Crippen MR) is 123 cm³/mol. The molecule has 0 radical (unpaired) electrons. The summed E-state index contributed by atoms with van der Waals surface area (Å²) in [7, 11) is 1.62. The highest BCUT2D eigenvalue weighted by atomic mass is 32.1. The zero-order valence-electron chi connectivity index (χ0n) is 17.7. The number of aryl methyl sites for hydroxylation is 2. The molecular weight excluding hydrogens is 410 g/mol. The molecule has 0 aliphatic rings. The highest BCUT2D eigenvalue weighted by Gasteiger charge is 2.23. The van der Waals surface area contributed by atoms with Crippen LogP contribution < -0.4 is 14.4 Å². The summed E-state index contributed by atoms with van der Waals surface area (Å²) in [6.07, 6.45) is 1.71. The SMILES string of the molecule is COc1ccc(C)c2sc(N(Cc3ccccn3)C(=O)COc3ccc(C)cc3)nc12. The van der Waals surface area contributed by atoms with Crippen LogP contribution in [0.15, 0.2) is 60.8 Å². The molecule has 4 aromatic rings. The molecule has 0 bridgehead atoms. The van der Waals surface area contributed by atoms with Gasteiger partial charge in [-0.25, -0.2) is 4.98 Å². The summed E-state index contributed by atoms with van der Waals surface area (Å²) in [5, 5.41) is 0.589. The average Bonchev–Trinajstić information content (AvgIpc) is 3.24. The number of carbonyl (C=O) groups is 1. The Morgan fingerprint density at radius 2 is 1.87 bits per heavy atom. The minimum Gasteiger partial charge on any atom is -0.494 e. The second-order valence-corrected chi connectivity index (χ2v) is 8.14. The van der Waals surface area contributed by atoms with Gasteiger partial charge in [0.15, 0.2) is 11.7 Å². The molecule has 0 atom stereocenters. The summed E-state index contributed by atoms with van der Waals surface area (Å²) in [5.41, 5.74) is 3.74. The number of hydrogen-bond donors (Lipinski definition) is 0. The fourth-order valence-electron chi connectivity index (χ4n) is 3.15. The molecule has 0 spiro atoms. The summed E-state index contributed by atoms with van der Waals surface area (Å²) in [6, 6.07) is 17.2. The lowest BCUT2D eigenvalue weighted by Gasteiger charge is -2.19. The Bertz CT molecular complexity index is 1190. The van der Waals surface area contributed by atoms with Crippen molar-refractivity contribution in [3.63, 3.8) is 0 Å². The smallest absolute Gasteiger partial charge is 0.267 e. The van der Waals surface area contributed by atoms with Crippen molar-refractivity contribution in [1.29, 1.82) is 0 Å². The van der Waals surface area contributed by atoms with Gasteiger partial charge < -0.3 is 9.47 Å². The molecule has 2 aromatic carbocycles. The molecule has 6 nitrogen and oxygen atoms in total. The summed E-state index contributed by atoms with van der Waals surface area (Å²) in [4.78, 5) is 24.0. The first kappa shape index (κ1) is 20.8. The van der Waals surface area contributed by atoms with Gasteiger partial charge in [0.25, 0.3) is 5.91 Å². The Kier molecular flexibility index (Phi) is 6.13. The quantitative estimate of drug-likeness (QED) is 0.414. The van der Waals surface area contributed by atoms with Gasteiger partial charge in [0.2, 0.25) is 0 Å². The predicted octanol–water partition coefficient (Wildman–Crippen LogP) is 4.93. The summed E-state index contributed by atoms with van der Waals surface area (Å²) < 4.78 is 12.2. The molecular formula is C24H23N3O3S. The molecule has 0 saturated heterocycles. The summed E-state index contributed by atoms with van der Waals surface area (Å²) in [5.74, 6) is 1.14. The van der Waals surface area contributed by atoms with E-state index in [1.54, 1.807) is 18.2 Å². The van der Waals surface area contributed by atoms with E-state index in [0.29, 0.717) is 23.2 Å². The van der Waals surface area contributed by atoms with Crippen molar-refractivity contribution in [3.05, 3.63) is 77.6 Å². The Morgan fingerprint density at radius 1 is 1.06 bits per heavy atom. The van der Waals surface area contributed by atoms with Gasteiger partial charge in [0.1, 0.15) is 17.0 Å².